The molecule has 0 aromatic heterocycles. The van der Waals surface area contributed by atoms with Crippen molar-refractivity contribution in [1.29, 1.82) is 0 Å². The summed E-state index contributed by atoms with van der Waals surface area (Å²) in [6.45, 7) is 4.93. The van der Waals surface area contributed by atoms with E-state index in [1.54, 1.807) is 6.08 Å². The second-order valence-electron chi connectivity index (χ2n) is 26.7. The van der Waals surface area contributed by atoms with Gasteiger partial charge in [-0.2, -0.15) is 0 Å². The first kappa shape index (κ1) is 83.8. The molecule has 3 N–H and O–H groups in total. The van der Waals surface area contributed by atoms with Crippen LogP contribution in [-0.2, 0) is 14.3 Å². The Morgan fingerprint density at radius 3 is 0.895 bits per heavy atom. The van der Waals surface area contributed by atoms with Crippen LogP contribution in [0.15, 0.2) is 48.6 Å². The van der Waals surface area contributed by atoms with Crippen LogP contribution in [0, 0.1) is 0 Å². The molecule has 0 rings (SSSR count). The minimum atomic E-state index is -0.842. The lowest BCUT2D eigenvalue weighted by Crippen LogP contribution is -2.45. The first-order chi connectivity index (χ1) is 42.5. The van der Waals surface area contributed by atoms with Crippen LogP contribution in [0.3, 0.4) is 0 Å². The summed E-state index contributed by atoms with van der Waals surface area (Å²) in [6.07, 6.45) is 99.5. The maximum Gasteiger partial charge on any atom is 0.305 e. The molecular formula is C80H151NO5. The number of esters is 1. The van der Waals surface area contributed by atoms with E-state index in [4.69, 9.17) is 4.74 Å². The summed E-state index contributed by atoms with van der Waals surface area (Å²) in [7, 11) is 0. The zero-order chi connectivity index (χ0) is 62.0. The molecule has 2 unspecified atom stereocenters. The van der Waals surface area contributed by atoms with Crippen LogP contribution in [0.4, 0.5) is 0 Å². The van der Waals surface area contributed by atoms with Gasteiger partial charge in [-0.3, -0.25) is 9.59 Å². The molecule has 0 spiro atoms. The number of ether oxygens (including phenoxy) is 1. The van der Waals surface area contributed by atoms with Gasteiger partial charge < -0.3 is 20.3 Å². The summed E-state index contributed by atoms with van der Waals surface area (Å²) >= 11 is 0. The monoisotopic (exact) mass is 1210 g/mol. The quantitative estimate of drug-likeness (QED) is 0.0320. The Morgan fingerprint density at radius 1 is 0.326 bits per heavy atom. The Labute approximate surface area is 537 Å². The SMILES string of the molecule is CCCCCCCC/C=C\CCCCCCCCCCCC(=O)OCCCCCCCCCCCCCCC/C=C\C/C=C\CCCCCCCCCCCCCCCCCCCC(=O)NC(CO)C(O)/C=C/CCCCCCCCCCCCC. The van der Waals surface area contributed by atoms with E-state index < -0.39 is 12.1 Å². The van der Waals surface area contributed by atoms with Crippen molar-refractivity contribution in [2.45, 2.75) is 437 Å². The van der Waals surface area contributed by atoms with Crippen LogP contribution < -0.4 is 5.32 Å². The molecule has 0 aliphatic rings. The molecule has 86 heavy (non-hydrogen) atoms. The van der Waals surface area contributed by atoms with Crippen molar-refractivity contribution < 1.29 is 24.5 Å². The van der Waals surface area contributed by atoms with Gasteiger partial charge >= 0.3 is 5.97 Å². The van der Waals surface area contributed by atoms with Gasteiger partial charge in [0.15, 0.2) is 0 Å². The highest BCUT2D eigenvalue weighted by Gasteiger charge is 2.18. The van der Waals surface area contributed by atoms with E-state index in [1.807, 2.05) is 6.08 Å². The van der Waals surface area contributed by atoms with Crippen molar-refractivity contribution in [2.75, 3.05) is 13.2 Å². The molecule has 2 atom stereocenters. The molecule has 6 nitrogen and oxygen atoms in total. The van der Waals surface area contributed by atoms with Crippen molar-refractivity contribution >= 4 is 11.9 Å². The maximum atomic E-state index is 12.5. The molecule has 0 saturated carbocycles. The fraction of sp³-hybridized carbons (Fsp3) is 0.875. The highest BCUT2D eigenvalue weighted by molar-refractivity contribution is 5.76. The van der Waals surface area contributed by atoms with Gasteiger partial charge in [-0.15, -0.1) is 0 Å². The summed E-state index contributed by atoms with van der Waals surface area (Å²) in [5.74, 6) is -0.0454. The number of hydrogen-bond acceptors (Lipinski definition) is 5. The predicted octanol–water partition coefficient (Wildman–Crippen LogP) is 25.6. The molecule has 506 valence electrons. The Hall–Kier alpha value is -2.18. The van der Waals surface area contributed by atoms with Gasteiger partial charge in [-0.1, -0.05) is 371 Å². The van der Waals surface area contributed by atoms with Crippen LogP contribution in [0.1, 0.15) is 425 Å². The molecule has 1 amide bonds. The molecule has 0 aromatic rings. The molecular weight excluding hydrogens is 1050 g/mol. The van der Waals surface area contributed by atoms with E-state index >= 15 is 0 Å². The van der Waals surface area contributed by atoms with Crippen molar-refractivity contribution in [2.24, 2.45) is 0 Å². The van der Waals surface area contributed by atoms with Gasteiger partial charge in [-0.25, -0.2) is 0 Å². The van der Waals surface area contributed by atoms with E-state index in [2.05, 4.69) is 55.6 Å². The molecule has 0 saturated heterocycles. The topological polar surface area (TPSA) is 95.9 Å². The molecule has 6 heteroatoms. The largest absolute Gasteiger partial charge is 0.466 e. The summed E-state index contributed by atoms with van der Waals surface area (Å²) < 4.78 is 5.51. The van der Waals surface area contributed by atoms with E-state index in [0.29, 0.717) is 19.4 Å². The van der Waals surface area contributed by atoms with E-state index in [1.165, 1.54) is 353 Å². The second kappa shape index (κ2) is 75.3. The van der Waals surface area contributed by atoms with Crippen LogP contribution >= 0.6 is 0 Å². The van der Waals surface area contributed by atoms with Crippen molar-refractivity contribution in [1.82, 2.24) is 5.32 Å². The van der Waals surface area contributed by atoms with Gasteiger partial charge in [-0.05, 0) is 89.9 Å². The number of amides is 1. The summed E-state index contributed by atoms with van der Waals surface area (Å²) in [5.41, 5.74) is 0. The number of aliphatic hydroxyl groups excluding tert-OH is 2. The van der Waals surface area contributed by atoms with Crippen molar-refractivity contribution in [3.63, 3.8) is 0 Å². The van der Waals surface area contributed by atoms with Crippen LogP contribution in [0.2, 0.25) is 0 Å². The lowest BCUT2D eigenvalue weighted by Gasteiger charge is -2.20. The fourth-order valence-corrected chi connectivity index (χ4v) is 12.1. The maximum absolute atomic E-state index is 12.5. The average Bonchev–Trinajstić information content (AvgIpc) is 3.54. The van der Waals surface area contributed by atoms with Gasteiger partial charge in [0.05, 0.1) is 25.4 Å². The zero-order valence-corrected chi connectivity index (χ0v) is 58.1. The summed E-state index contributed by atoms with van der Waals surface area (Å²) in [4.78, 5) is 24.6. The molecule has 0 bridgehead atoms. The third kappa shape index (κ3) is 70.9. The normalized spacial score (nSPS) is 12.7. The Bertz CT molecular complexity index is 1440. The van der Waals surface area contributed by atoms with Crippen molar-refractivity contribution in [3.05, 3.63) is 48.6 Å². The Kier molecular flexibility index (Phi) is 73.4. The van der Waals surface area contributed by atoms with E-state index in [0.717, 1.165) is 44.9 Å². The predicted molar refractivity (Wildman–Crippen MR) is 379 cm³/mol. The minimum absolute atomic E-state index is 0.0185. The Balaban J connectivity index is 3.35. The number of nitrogens with one attached hydrogen (secondary N) is 1. The van der Waals surface area contributed by atoms with Gasteiger partial charge in [0.25, 0.3) is 0 Å². The molecule has 0 aliphatic heterocycles. The van der Waals surface area contributed by atoms with Gasteiger partial charge in [0.1, 0.15) is 0 Å². The van der Waals surface area contributed by atoms with E-state index in [9.17, 15) is 19.8 Å². The second-order valence-corrected chi connectivity index (χ2v) is 26.7. The highest BCUT2D eigenvalue weighted by atomic mass is 16.5. The Morgan fingerprint density at radius 2 is 0.581 bits per heavy atom. The standard InChI is InChI=1S/C80H151NO5/c1-3-5-7-9-11-13-15-17-18-19-39-43-46-50-54-58-62-66-70-74-80(85)86-75-71-67-63-59-55-51-47-44-41-38-36-34-32-30-28-26-24-22-20-21-23-25-27-29-31-33-35-37-40-42-45-49-53-57-61-65-69-73-79(84)81-77(76-82)78(83)72-68-64-60-56-52-48-16-14-12-10-8-6-4-2/h17-18,20,22,26,28,68,72,77-78,82-83H,3-16,19,21,23-25,27,29-67,69-71,73-76H2,1-2H3,(H,81,84)/b18-17-,22-20-,28-26-,72-68+. The third-order valence-electron chi connectivity index (χ3n) is 18.1. The zero-order valence-electron chi connectivity index (χ0n) is 58.1. The number of rotatable bonds is 73. The van der Waals surface area contributed by atoms with Crippen molar-refractivity contribution in [3.8, 4) is 0 Å². The molecule has 0 aromatic carbocycles. The lowest BCUT2D eigenvalue weighted by molar-refractivity contribution is -0.143. The fourth-order valence-electron chi connectivity index (χ4n) is 12.1. The summed E-state index contributed by atoms with van der Waals surface area (Å²) in [6, 6.07) is -0.625. The van der Waals surface area contributed by atoms with Crippen LogP contribution in [-0.4, -0.2) is 47.4 Å². The van der Waals surface area contributed by atoms with Gasteiger partial charge in [0, 0.05) is 12.8 Å². The van der Waals surface area contributed by atoms with Crippen LogP contribution in [0.25, 0.3) is 0 Å². The lowest BCUT2D eigenvalue weighted by atomic mass is 10.0. The molecule has 0 fully saturated rings. The molecule has 0 heterocycles. The van der Waals surface area contributed by atoms with Gasteiger partial charge in [0.2, 0.25) is 5.91 Å². The molecule has 0 radical (unpaired) electrons. The third-order valence-corrected chi connectivity index (χ3v) is 18.1. The van der Waals surface area contributed by atoms with Crippen LogP contribution in [0.5, 0.6) is 0 Å². The number of unbranched alkanes of at least 4 members (excludes halogenated alkanes) is 56. The number of carbonyl (C=O) groups is 2. The number of carbonyl (C=O) groups excluding carboxylic acids is 2. The number of aliphatic hydroxyl groups is 2. The first-order valence-electron chi connectivity index (χ1n) is 38.9. The smallest absolute Gasteiger partial charge is 0.305 e. The number of hydrogen-bond donors (Lipinski definition) is 3. The number of allylic oxidation sites excluding steroid dienone is 7. The first-order valence-corrected chi connectivity index (χ1v) is 38.9. The van der Waals surface area contributed by atoms with E-state index in [-0.39, 0.29) is 18.5 Å². The average molecular weight is 1210 g/mol. The minimum Gasteiger partial charge on any atom is -0.466 e. The highest BCUT2D eigenvalue weighted by Crippen LogP contribution is 2.19. The molecule has 0 aliphatic carbocycles. The summed E-state index contributed by atoms with van der Waals surface area (Å²) in [5, 5.41) is 23.1.